The molecule has 166 valence electrons. The zero-order chi connectivity index (χ0) is 20.7. The lowest BCUT2D eigenvalue weighted by Gasteiger charge is -2.36. The Labute approximate surface area is 199 Å². The number of aryl methyl sites for hydroxylation is 1. The van der Waals surface area contributed by atoms with E-state index in [0.717, 1.165) is 49.5 Å². The second-order valence-electron chi connectivity index (χ2n) is 6.78. The van der Waals surface area contributed by atoms with Crippen LogP contribution in [0.3, 0.4) is 0 Å². The number of nitrogens with zero attached hydrogens (tertiary/aromatic N) is 5. The van der Waals surface area contributed by atoms with Crippen LogP contribution in [0.2, 0.25) is 0 Å². The van der Waals surface area contributed by atoms with Crippen molar-refractivity contribution in [1.82, 2.24) is 19.6 Å². The molecule has 1 aromatic carbocycles. The van der Waals surface area contributed by atoms with Crippen molar-refractivity contribution in [2.24, 2.45) is 4.99 Å². The monoisotopic (exact) mass is 564 g/mol. The van der Waals surface area contributed by atoms with Crippen molar-refractivity contribution in [3.63, 3.8) is 0 Å². The van der Waals surface area contributed by atoms with Crippen LogP contribution in [0.5, 0.6) is 0 Å². The quantitative estimate of drug-likeness (QED) is 0.239. The van der Waals surface area contributed by atoms with Crippen molar-refractivity contribution in [1.29, 1.82) is 0 Å². The summed E-state index contributed by atoms with van der Waals surface area (Å²) in [5.74, 6) is 1.83. The molecule has 0 aliphatic carbocycles. The van der Waals surface area contributed by atoms with Gasteiger partial charge in [-0.15, -0.1) is 24.0 Å². The lowest BCUT2D eigenvalue weighted by Crippen LogP contribution is -2.52. The first-order valence-corrected chi connectivity index (χ1v) is 12.3. The highest BCUT2D eigenvalue weighted by Crippen LogP contribution is 2.19. The van der Waals surface area contributed by atoms with Crippen LogP contribution >= 0.6 is 35.5 Å². The molecule has 1 aromatic heterocycles. The lowest BCUT2D eigenvalue weighted by molar-refractivity contribution is 0.372. The molecule has 0 atom stereocenters. The molecule has 2 heterocycles. The van der Waals surface area contributed by atoms with Gasteiger partial charge >= 0.3 is 0 Å². The van der Waals surface area contributed by atoms with Gasteiger partial charge in [-0.05, 0) is 18.6 Å². The Morgan fingerprint density at radius 2 is 1.90 bits per heavy atom. The Morgan fingerprint density at radius 1 is 1.20 bits per heavy atom. The second kappa shape index (κ2) is 11.8. The Bertz CT molecular complexity index is 912. The van der Waals surface area contributed by atoms with E-state index < -0.39 is 9.84 Å². The topological polar surface area (TPSA) is 90.8 Å². The van der Waals surface area contributed by atoms with Crippen LogP contribution in [0, 0.1) is 0 Å². The Kier molecular flexibility index (Phi) is 9.75. The van der Waals surface area contributed by atoms with Crippen LogP contribution < -0.4 is 10.2 Å². The maximum absolute atomic E-state index is 12.4. The van der Waals surface area contributed by atoms with E-state index in [1.165, 1.54) is 11.5 Å². The zero-order valence-corrected chi connectivity index (χ0v) is 21.3. The summed E-state index contributed by atoms with van der Waals surface area (Å²) < 4.78 is 29.1. The number of hydrogen-bond acceptors (Lipinski definition) is 7. The minimum atomic E-state index is -3.24. The maximum atomic E-state index is 12.4. The van der Waals surface area contributed by atoms with Crippen LogP contribution in [-0.4, -0.2) is 74.2 Å². The van der Waals surface area contributed by atoms with E-state index in [-0.39, 0.29) is 29.7 Å². The Hall–Kier alpha value is -1.47. The molecule has 0 amide bonds. The summed E-state index contributed by atoms with van der Waals surface area (Å²) in [5.41, 5.74) is 0. The molecular formula is C19H29IN6O2S2. The molecule has 2 aromatic rings. The van der Waals surface area contributed by atoms with Gasteiger partial charge in [0.15, 0.2) is 15.8 Å². The van der Waals surface area contributed by atoms with Crippen LogP contribution in [0.25, 0.3) is 0 Å². The number of aliphatic imine (C=N–C) groups is 1. The minimum Gasteiger partial charge on any atom is -0.356 e. The molecule has 0 bridgehead atoms. The number of hydrogen-bond donors (Lipinski definition) is 1. The third-order valence-electron chi connectivity index (χ3n) is 4.81. The van der Waals surface area contributed by atoms with Gasteiger partial charge in [-0.2, -0.15) is 4.37 Å². The van der Waals surface area contributed by atoms with Crippen molar-refractivity contribution < 1.29 is 8.42 Å². The Balaban J connectivity index is 0.00000320. The molecule has 1 fully saturated rings. The first-order chi connectivity index (χ1) is 14.0. The summed E-state index contributed by atoms with van der Waals surface area (Å²) in [4.78, 5) is 13.8. The van der Waals surface area contributed by atoms with E-state index in [1.807, 2.05) is 6.07 Å². The summed E-state index contributed by atoms with van der Waals surface area (Å²) in [6, 6.07) is 8.60. The number of guanidine groups is 1. The fraction of sp³-hybridized carbons (Fsp3) is 0.526. The summed E-state index contributed by atoms with van der Waals surface area (Å²) in [6.45, 7) is 6.02. The molecule has 8 nitrogen and oxygen atoms in total. The highest BCUT2D eigenvalue weighted by Gasteiger charge is 2.22. The van der Waals surface area contributed by atoms with E-state index in [1.54, 1.807) is 31.3 Å². The van der Waals surface area contributed by atoms with Gasteiger partial charge in [-0.1, -0.05) is 25.1 Å². The average molecular weight is 565 g/mol. The SMILES string of the molecule is CCc1nsc(N2CCN(C(=NC)NCCCS(=O)(=O)c3ccccc3)CC2)n1.I. The average Bonchev–Trinajstić information content (AvgIpc) is 3.24. The molecule has 0 radical (unpaired) electrons. The van der Waals surface area contributed by atoms with E-state index in [2.05, 4.69) is 36.4 Å². The molecule has 30 heavy (non-hydrogen) atoms. The van der Waals surface area contributed by atoms with Gasteiger partial charge in [0.2, 0.25) is 5.13 Å². The highest BCUT2D eigenvalue weighted by atomic mass is 127. The molecule has 1 aliphatic rings. The predicted octanol–water partition coefficient (Wildman–Crippen LogP) is 2.28. The van der Waals surface area contributed by atoms with Crippen molar-refractivity contribution >= 4 is 56.4 Å². The normalized spacial score (nSPS) is 15.1. The molecule has 0 spiro atoms. The van der Waals surface area contributed by atoms with Crippen molar-refractivity contribution in [3.8, 4) is 0 Å². The molecule has 11 heteroatoms. The number of nitrogens with one attached hydrogen (secondary N) is 1. The smallest absolute Gasteiger partial charge is 0.205 e. The van der Waals surface area contributed by atoms with Crippen LogP contribution in [0.4, 0.5) is 5.13 Å². The number of aromatic nitrogens is 2. The number of benzene rings is 1. The highest BCUT2D eigenvalue weighted by molar-refractivity contribution is 14.0. The number of piperazine rings is 1. The van der Waals surface area contributed by atoms with Gasteiger partial charge in [0.05, 0.1) is 10.6 Å². The van der Waals surface area contributed by atoms with Crippen molar-refractivity contribution in [3.05, 3.63) is 36.2 Å². The van der Waals surface area contributed by atoms with E-state index in [4.69, 9.17) is 0 Å². The van der Waals surface area contributed by atoms with Crippen LogP contribution in [-0.2, 0) is 16.3 Å². The van der Waals surface area contributed by atoms with Gasteiger partial charge < -0.3 is 15.1 Å². The third kappa shape index (κ3) is 6.51. The second-order valence-corrected chi connectivity index (χ2v) is 9.62. The Morgan fingerprint density at radius 3 is 2.50 bits per heavy atom. The van der Waals surface area contributed by atoms with Gasteiger partial charge in [-0.3, -0.25) is 4.99 Å². The number of halogens is 1. The molecule has 1 aliphatic heterocycles. The summed E-state index contributed by atoms with van der Waals surface area (Å²) in [7, 11) is -1.48. The summed E-state index contributed by atoms with van der Waals surface area (Å²) >= 11 is 1.46. The van der Waals surface area contributed by atoms with E-state index in [9.17, 15) is 8.42 Å². The number of anilines is 1. The molecule has 0 unspecified atom stereocenters. The van der Waals surface area contributed by atoms with Gasteiger partial charge in [0, 0.05) is 57.7 Å². The molecular weight excluding hydrogens is 535 g/mol. The fourth-order valence-electron chi connectivity index (χ4n) is 3.17. The van der Waals surface area contributed by atoms with E-state index >= 15 is 0 Å². The van der Waals surface area contributed by atoms with E-state index in [0.29, 0.717) is 17.9 Å². The molecule has 1 saturated heterocycles. The number of rotatable bonds is 7. The first-order valence-electron chi connectivity index (χ1n) is 9.84. The standard InChI is InChI=1S/C19H28N6O2S2.HI/c1-3-17-22-19(28-23-17)25-13-11-24(12-14-25)18(20-2)21-10-7-15-29(26,27)16-8-5-4-6-9-16;/h4-6,8-9H,3,7,10-15H2,1-2H3,(H,20,21);1H. The molecule has 0 saturated carbocycles. The summed E-state index contributed by atoms with van der Waals surface area (Å²) in [5, 5.41) is 4.28. The van der Waals surface area contributed by atoms with Gasteiger partial charge in [-0.25, -0.2) is 13.4 Å². The maximum Gasteiger partial charge on any atom is 0.205 e. The molecule has 3 rings (SSSR count). The van der Waals surface area contributed by atoms with Crippen LogP contribution in [0.1, 0.15) is 19.2 Å². The zero-order valence-electron chi connectivity index (χ0n) is 17.3. The third-order valence-corrected chi connectivity index (χ3v) is 7.44. The predicted molar refractivity (Wildman–Crippen MR) is 133 cm³/mol. The van der Waals surface area contributed by atoms with Crippen molar-refractivity contribution in [2.75, 3.05) is 50.4 Å². The lowest BCUT2D eigenvalue weighted by atomic mass is 10.3. The minimum absolute atomic E-state index is 0. The summed E-state index contributed by atoms with van der Waals surface area (Å²) in [6.07, 6.45) is 1.38. The van der Waals surface area contributed by atoms with Crippen LogP contribution in [0.15, 0.2) is 40.2 Å². The first kappa shape index (κ1) is 24.8. The molecule has 1 N–H and O–H groups in total. The fourth-order valence-corrected chi connectivity index (χ4v) is 5.30. The van der Waals surface area contributed by atoms with Crippen molar-refractivity contribution in [2.45, 2.75) is 24.7 Å². The van der Waals surface area contributed by atoms with Gasteiger partial charge in [0.25, 0.3) is 0 Å². The number of sulfone groups is 1. The largest absolute Gasteiger partial charge is 0.356 e. The van der Waals surface area contributed by atoms with Gasteiger partial charge in [0.1, 0.15) is 5.82 Å².